The predicted octanol–water partition coefficient (Wildman–Crippen LogP) is 3.37. The molecule has 0 spiro atoms. The second-order valence-electron chi connectivity index (χ2n) is 6.28. The molecule has 1 aliphatic rings. The molecule has 1 aromatic heterocycles. The van der Waals surface area contributed by atoms with Gasteiger partial charge in [0.25, 0.3) is 0 Å². The lowest BCUT2D eigenvalue weighted by Gasteiger charge is -2.31. The highest BCUT2D eigenvalue weighted by Crippen LogP contribution is 2.31. The Morgan fingerprint density at radius 1 is 1.46 bits per heavy atom. The van der Waals surface area contributed by atoms with Gasteiger partial charge in [0.2, 0.25) is 0 Å². The van der Waals surface area contributed by atoms with Gasteiger partial charge >= 0.3 is 0 Å². The number of hydrogen-bond donors (Lipinski definition) is 2. The van der Waals surface area contributed by atoms with Crippen molar-refractivity contribution in [3.63, 3.8) is 0 Å². The van der Waals surface area contributed by atoms with Crippen molar-refractivity contribution in [3.05, 3.63) is 50.1 Å². The van der Waals surface area contributed by atoms with Crippen LogP contribution in [0.4, 0.5) is 4.39 Å². The summed E-state index contributed by atoms with van der Waals surface area (Å²) in [4.78, 5) is 11.0. The van der Waals surface area contributed by atoms with Crippen LogP contribution >= 0.6 is 33.9 Å². The van der Waals surface area contributed by atoms with Crippen LogP contribution in [0.5, 0.6) is 0 Å². The Labute approximate surface area is 181 Å². The van der Waals surface area contributed by atoms with E-state index in [-0.39, 0.29) is 5.82 Å². The molecule has 1 saturated heterocycles. The first kappa shape index (κ1) is 21.2. The van der Waals surface area contributed by atoms with Gasteiger partial charge < -0.3 is 20.7 Å². The van der Waals surface area contributed by atoms with Crippen LogP contribution < -0.4 is 11.1 Å². The summed E-state index contributed by atoms with van der Waals surface area (Å²) in [6, 6.07) is 5.00. The molecule has 0 amide bonds. The van der Waals surface area contributed by atoms with E-state index in [1.54, 1.807) is 19.3 Å². The van der Waals surface area contributed by atoms with Gasteiger partial charge in [0.05, 0.1) is 30.2 Å². The fourth-order valence-corrected chi connectivity index (χ4v) is 4.74. The zero-order chi connectivity index (χ0) is 20.1. The van der Waals surface area contributed by atoms with E-state index in [9.17, 15) is 4.39 Å². The van der Waals surface area contributed by atoms with Gasteiger partial charge in [0.15, 0.2) is 0 Å². The maximum Gasteiger partial charge on any atom is 0.134 e. The Kier molecular flexibility index (Phi) is 7.38. The summed E-state index contributed by atoms with van der Waals surface area (Å²) in [5.41, 5.74) is 9.44. The standard InChI is InChI=1S/C19H23FIN5OS/c1-12(26-6-8-27-9-7-26)15(10-23-2)24-18(22)16-11-28-19(25-16)17-13(20)4-3-5-14(17)21/h3-5,10-11,18,24H,6-9,22H2,1-2H3/b15-12-,23-10?. The maximum absolute atomic E-state index is 14.2. The number of ether oxygens (including phenoxy) is 1. The molecule has 0 aliphatic carbocycles. The molecular weight excluding hydrogens is 492 g/mol. The average molecular weight is 515 g/mol. The number of halogens is 2. The molecule has 0 radical (unpaired) electrons. The van der Waals surface area contributed by atoms with Crippen molar-refractivity contribution in [3.8, 4) is 10.6 Å². The number of benzene rings is 1. The largest absolute Gasteiger partial charge is 0.378 e. The van der Waals surface area contributed by atoms with Crippen molar-refractivity contribution >= 4 is 40.1 Å². The Hall–Kier alpha value is -1.56. The van der Waals surface area contributed by atoms with E-state index in [1.165, 1.54) is 17.4 Å². The molecular formula is C19H23FIN5OS. The molecule has 9 heteroatoms. The molecule has 1 fully saturated rings. The summed E-state index contributed by atoms with van der Waals surface area (Å²) < 4.78 is 20.5. The molecule has 1 atom stereocenters. The summed E-state index contributed by atoms with van der Waals surface area (Å²) in [5.74, 6) is -0.281. The molecule has 28 heavy (non-hydrogen) atoms. The van der Waals surface area contributed by atoms with Crippen LogP contribution in [-0.4, -0.2) is 49.4 Å². The highest BCUT2D eigenvalue weighted by Gasteiger charge is 2.19. The number of allylic oxidation sites excluding steroid dienone is 2. The van der Waals surface area contributed by atoms with Crippen molar-refractivity contribution in [1.82, 2.24) is 15.2 Å². The summed E-state index contributed by atoms with van der Waals surface area (Å²) in [5, 5.41) is 5.78. The third-order valence-corrected chi connectivity index (χ3v) is 6.24. The molecule has 2 heterocycles. The Balaban J connectivity index is 1.81. The van der Waals surface area contributed by atoms with Crippen LogP contribution in [0, 0.1) is 9.39 Å². The maximum atomic E-state index is 14.2. The monoisotopic (exact) mass is 515 g/mol. The number of nitrogens with one attached hydrogen (secondary N) is 1. The van der Waals surface area contributed by atoms with Gasteiger partial charge in [0.1, 0.15) is 17.0 Å². The Bertz CT molecular complexity index is 859. The lowest BCUT2D eigenvalue weighted by molar-refractivity contribution is 0.0532. The van der Waals surface area contributed by atoms with Gasteiger partial charge in [0, 0.05) is 41.0 Å². The molecule has 0 saturated carbocycles. The first-order valence-corrected chi connectivity index (χ1v) is 10.8. The number of thiazole rings is 1. The summed E-state index contributed by atoms with van der Waals surface area (Å²) in [7, 11) is 1.72. The van der Waals surface area contributed by atoms with Crippen molar-refractivity contribution in [1.29, 1.82) is 0 Å². The Morgan fingerprint density at radius 2 is 2.21 bits per heavy atom. The quantitative estimate of drug-likeness (QED) is 0.351. The molecule has 1 aliphatic heterocycles. The first-order valence-electron chi connectivity index (χ1n) is 8.89. The molecule has 1 unspecified atom stereocenters. The average Bonchev–Trinajstić information content (AvgIpc) is 3.17. The molecule has 1 aromatic carbocycles. The topological polar surface area (TPSA) is 75.8 Å². The molecule has 3 N–H and O–H groups in total. The zero-order valence-electron chi connectivity index (χ0n) is 15.8. The third-order valence-electron chi connectivity index (χ3n) is 4.46. The van der Waals surface area contributed by atoms with E-state index in [4.69, 9.17) is 10.5 Å². The minimum absolute atomic E-state index is 0.281. The number of rotatable bonds is 6. The molecule has 0 bridgehead atoms. The van der Waals surface area contributed by atoms with Crippen molar-refractivity contribution in [2.24, 2.45) is 10.7 Å². The van der Waals surface area contributed by atoms with E-state index < -0.39 is 6.17 Å². The fourth-order valence-electron chi connectivity index (χ4n) is 2.92. The molecule has 2 aromatic rings. The van der Waals surface area contributed by atoms with Crippen LogP contribution in [-0.2, 0) is 4.74 Å². The van der Waals surface area contributed by atoms with Crippen molar-refractivity contribution in [2.75, 3.05) is 33.4 Å². The lowest BCUT2D eigenvalue weighted by Crippen LogP contribution is -2.38. The smallest absolute Gasteiger partial charge is 0.134 e. The van der Waals surface area contributed by atoms with Gasteiger partial charge in [-0.05, 0) is 41.6 Å². The number of nitrogens with two attached hydrogens (primary N) is 1. The Morgan fingerprint density at radius 3 is 2.89 bits per heavy atom. The van der Waals surface area contributed by atoms with Gasteiger partial charge in [-0.15, -0.1) is 11.3 Å². The summed E-state index contributed by atoms with van der Waals surface area (Å²) >= 11 is 3.50. The van der Waals surface area contributed by atoms with Crippen LogP contribution in [0.15, 0.2) is 40.0 Å². The van der Waals surface area contributed by atoms with Crippen molar-refractivity contribution < 1.29 is 9.13 Å². The molecule has 3 rings (SSSR count). The summed E-state index contributed by atoms with van der Waals surface area (Å²) in [6.45, 7) is 5.11. The number of nitrogens with zero attached hydrogens (tertiary/aromatic N) is 3. The van der Waals surface area contributed by atoms with E-state index in [2.05, 4.69) is 42.8 Å². The first-order chi connectivity index (χ1) is 13.5. The van der Waals surface area contributed by atoms with E-state index >= 15 is 0 Å². The van der Waals surface area contributed by atoms with Crippen LogP contribution in [0.25, 0.3) is 10.6 Å². The second-order valence-corrected chi connectivity index (χ2v) is 8.30. The normalized spacial score (nSPS) is 17.0. The number of morpholine rings is 1. The highest BCUT2D eigenvalue weighted by molar-refractivity contribution is 14.1. The number of aromatic nitrogens is 1. The number of aliphatic imine (C=N–C) groups is 1. The zero-order valence-corrected chi connectivity index (χ0v) is 18.8. The minimum Gasteiger partial charge on any atom is -0.378 e. The molecule has 6 nitrogen and oxygen atoms in total. The fraction of sp³-hybridized carbons (Fsp3) is 0.368. The minimum atomic E-state index is -0.529. The lowest BCUT2D eigenvalue weighted by atomic mass is 10.2. The van der Waals surface area contributed by atoms with Gasteiger partial charge in [-0.1, -0.05) is 6.07 Å². The van der Waals surface area contributed by atoms with E-state index in [1.807, 2.05) is 18.4 Å². The van der Waals surface area contributed by atoms with Crippen LogP contribution in [0.3, 0.4) is 0 Å². The summed E-state index contributed by atoms with van der Waals surface area (Å²) in [6.07, 6.45) is 1.23. The van der Waals surface area contributed by atoms with Gasteiger partial charge in [-0.3, -0.25) is 4.99 Å². The second kappa shape index (κ2) is 9.77. The highest BCUT2D eigenvalue weighted by atomic mass is 127. The number of hydrogen-bond acceptors (Lipinski definition) is 7. The SMILES string of the molecule is CN=C/C(NC(N)c1csc(-c2c(F)cccc2I)n1)=C(\C)N1CCOCC1. The van der Waals surface area contributed by atoms with E-state index in [0.29, 0.717) is 29.5 Å². The van der Waals surface area contributed by atoms with Gasteiger partial charge in [-0.25, -0.2) is 9.37 Å². The van der Waals surface area contributed by atoms with E-state index in [0.717, 1.165) is 28.1 Å². The van der Waals surface area contributed by atoms with Crippen molar-refractivity contribution in [2.45, 2.75) is 13.1 Å². The third kappa shape index (κ3) is 4.88. The predicted molar refractivity (Wildman–Crippen MR) is 120 cm³/mol. The van der Waals surface area contributed by atoms with Crippen LogP contribution in [0.2, 0.25) is 0 Å². The van der Waals surface area contributed by atoms with Crippen LogP contribution in [0.1, 0.15) is 18.8 Å². The van der Waals surface area contributed by atoms with Gasteiger partial charge in [-0.2, -0.15) is 0 Å². The molecule has 150 valence electrons.